The van der Waals surface area contributed by atoms with Crippen LogP contribution in [0, 0.1) is 17.5 Å². The fraction of sp³-hybridized carbons (Fsp3) is 0.200. The standard InChI is InChI=1S/C25H22F3N5O3/c1-36-19(13-34)18(12-20-29-10-3-11-30-20)31-25(35)16-4-2-5-17(27)21(16)24-22(28)23(32-33-24)14-6-8-15(26)9-7-14/h2-11,18-19,34H,12-13H2,1H3,(H,31,35)(H,32,33)/t18-,19-/m1/s1. The van der Waals surface area contributed by atoms with Crippen LogP contribution in [0.4, 0.5) is 13.2 Å². The number of ether oxygens (including phenoxy) is 1. The Kier molecular flexibility index (Phi) is 7.71. The van der Waals surface area contributed by atoms with Crippen LogP contribution in [0.25, 0.3) is 22.5 Å². The topological polar surface area (TPSA) is 113 Å². The molecule has 2 aromatic carbocycles. The number of halogens is 3. The van der Waals surface area contributed by atoms with Gasteiger partial charge in [-0.3, -0.25) is 9.89 Å². The Hall–Kier alpha value is -4.09. The number of benzene rings is 2. The van der Waals surface area contributed by atoms with Gasteiger partial charge >= 0.3 is 0 Å². The molecule has 0 fully saturated rings. The Balaban J connectivity index is 1.69. The Labute approximate surface area is 204 Å². The number of nitrogens with zero attached hydrogens (tertiary/aromatic N) is 3. The molecule has 1 amide bonds. The maximum Gasteiger partial charge on any atom is 0.252 e. The summed E-state index contributed by atoms with van der Waals surface area (Å²) >= 11 is 0. The van der Waals surface area contributed by atoms with Crippen molar-refractivity contribution >= 4 is 5.91 Å². The molecule has 4 aromatic rings. The van der Waals surface area contributed by atoms with Gasteiger partial charge in [-0.15, -0.1) is 0 Å². The number of carbonyl (C=O) groups is 1. The summed E-state index contributed by atoms with van der Waals surface area (Å²) in [5, 5.41) is 18.8. The highest BCUT2D eigenvalue weighted by Crippen LogP contribution is 2.32. The summed E-state index contributed by atoms with van der Waals surface area (Å²) in [6, 6.07) is 9.56. The van der Waals surface area contributed by atoms with Gasteiger partial charge in [0.25, 0.3) is 5.91 Å². The van der Waals surface area contributed by atoms with Crippen LogP contribution in [0.1, 0.15) is 16.2 Å². The van der Waals surface area contributed by atoms with Gasteiger partial charge in [-0.1, -0.05) is 6.07 Å². The molecule has 0 saturated heterocycles. The SMILES string of the molecule is CO[C@H](CO)[C@@H](Cc1ncccn1)NC(=O)c1cccc(F)c1-c1[nH]nc(-c2ccc(F)cc2)c1F. The summed E-state index contributed by atoms with van der Waals surface area (Å²) in [4.78, 5) is 21.6. The second-order valence-corrected chi connectivity index (χ2v) is 7.84. The lowest BCUT2D eigenvalue weighted by Crippen LogP contribution is -2.47. The molecule has 0 aliphatic heterocycles. The third-order valence-corrected chi connectivity index (χ3v) is 5.60. The molecule has 8 nitrogen and oxygen atoms in total. The number of H-pyrrole nitrogens is 1. The Morgan fingerprint density at radius 1 is 1.08 bits per heavy atom. The van der Waals surface area contributed by atoms with E-state index in [0.29, 0.717) is 5.82 Å². The average Bonchev–Trinajstić information content (AvgIpc) is 3.26. The molecule has 0 radical (unpaired) electrons. The summed E-state index contributed by atoms with van der Waals surface area (Å²) in [6.45, 7) is -0.416. The first kappa shape index (κ1) is 25.0. The van der Waals surface area contributed by atoms with Crippen LogP contribution in [0.3, 0.4) is 0 Å². The second-order valence-electron chi connectivity index (χ2n) is 7.84. The maximum atomic E-state index is 15.4. The number of hydrogen-bond donors (Lipinski definition) is 3. The van der Waals surface area contributed by atoms with E-state index in [4.69, 9.17) is 4.74 Å². The minimum atomic E-state index is -0.903. The molecule has 36 heavy (non-hydrogen) atoms. The van der Waals surface area contributed by atoms with Crippen LogP contribution in [0.5, 0.6) is 0 Å². The van der Waals surface area contributed by atoms with E-state index >= 15 is 4.39 Å². The number of carbonyl (C=O) groups excluding carboxylic acids is 1. The molecule has 2 atom stereocenters. The van der Waals surface area contributed by atoms with Gasteiger partial charge in [-0.05, 0) is 42.5 Å². The monoisotopic (exact) mass is 497 g/mol. The number of methoxy groups -OCH3 is 1. The molecule has 0 saturated carbocycles. The normalized spacial score (nSPS) is 12.8. The van der Waals surface area contributed by atoms with E-state index in [9.17, 15) is 18.7 Å². The van der Waals surface area contributed by atoms with Crippen molar-refractivity contribution in [2.45, 2.75) is 18.6 Å². The van der Waals surface area contributed by atoms with Gasteiger partial charge in [0.2, 0.25) is 0 Å². The number of aliphatic hydroxyl groups excluding tert-OH is 1. The van der Waals surface area contributed by atoms with Crippen LogP contribution in [0.2, 0.25) is 0 Å². The molecule has 2 heterocycles. The number of hydrogen-bond acceptors (Lipinski definition) is 6. The largest absolute Gasteiger partial charge is 0.394 e. The third kappa shape index (κ3) is 5.26. The first-order chi connectivity index (χ1) is 17.4. The third-order valence-electron chi connectivity index (χ3n) is 5.60. The summed E-state index contributed by atoms with van der Waals surface area (Å²) in [6.07, 6.45) is 2.37. The van der Waals surface area contributed by atoms with E-state index < -0.39 is 42.1 Å². The lowest BCUT2D eigenvalue weighted by atomic mass is 10.00. The zero-order valence-corrected chi connectivity index (χ0v) is 19.1. The first-order valence-electron chi connectivity index (χ1n) is 10.9. The van der Waals surface area contributed by atoms with E-state index in [0.717, 1.165) is 18.2 Å². The lowest BCUT2D eigenvalue weighted by molar-refractivity contribution is 0.0211. The quantitative estimate of drug-likeness (QED) is 0.327. The van der Waals surface area contributed by atoms with Gasteiger partial charge in [0, 0.05) is 31.5 Å². The molecule has 186 valence electrons. The molecule has 3 N–H and O–H groups in total. The molecule has 0 aliphatic rings. The van der Waals surface area contributed by atoms with E-state index in [-0.39, 0.29) is 34.5 Å². The summed E-state index contributed by atoms with van der Waals surface area (Å²) in [7, 11) is 1.37. The molecule has 0 unspecified atom stereocenters. The van der Waals surface area contributed by atoms with Crippen molar-refractivity contribution in [1.29, 1.82) is 0 Å². The van der Waals surface area contributed by atoms with Crippen molar-refractivity contribution in [3.05, 3.63) is 89.8 Å². The van der Waals surface area contributed by atoms with E-state index in [1.807, 2.05) is 0 Å². The molecule has 0 bridgehead atoms. The van der Waals surface area contributed by atoms with E-state index in [2.05, 4.69) is 25.5 Å². The second kappa shape index (κ2) is 11.1. The van der Waals surface area contributed by atoms with Crippen molar-refractivity contribution < 1.29 is 27.8 Å². The van der Waals surface area contributed by atoms with Crippen LogP contribution in [-0.4, -0.2) is 57.0 Å². The van der Waals surface area contributed by atoms with E-state index in [1.165, 1.54) is 43.8 Å². The highest BCUT2D eigenvalue weighted by molar-refractivity contribution is 6.01. The maximum absolute atomic E-state index is 15.4. The van der Waals surface area contributed by atoms with Gasteiger partial charge in [-0.25, -0.2) is 23.1 Å². The summed E-state index contributed by atoms with van der Waals surface area (Å²) < 4.78 is 48.9. The fourth-order valence-corrected chi connectivity index (χ4v) is 3.78. The molecule has 4 rings (SSSR count). The number of aliphatic hydroxyl groups is 1. The number of rotatable bonds is 9. The van der Waals surface area contributed by atoms with Crippen LogP contribution in [0.15, 0.2) is 60.9 Å². The van der Waals surface area contributed by atoms with Crippen LogP contribution in [-0.2, 0) is 11.2 Å². The lowest BCUT2D eigenvalue weighted by Gasteiger charge is -2.25. The zero-order valence-electron chi connectivity index (χ0n) is 19.1. The molecule has 0 spiro atoms. The van der Waals surface area contributed by atoms with Gasteiger partial charge in [0.1, 0.15) is 35.0 Å². The number of amides is 1. The summed E-state index contributed by atoms with van der Waals surface area (Å²) in [5.41, 5.74) is -0.729. The van der Waals surface area contributed by atoms with Crippen molar-refractivity contribution in [3.63, 3.8) is 0 Å². The molecular weight excluding hydrogens is 475 g/mol. The molecule has 11 heteroatoms. The van der Waals surface area contributed by atoms with Crippen molar-refractivity contribution in [2.24, 2.45) is 0 Å². The smallest absolute Gasteiger partial charge is 0.252 e. The number of aromatic nitrogens is 4. The van der Waals surface area contributed by atoms with Gasteiger partial charge in [0.15, 0.2) is 5.82 Å². The average molecular weight is 497 g/mol. The van der Waals surface area contributed by atoms with Gasteiger partial charge < -0.3 is 15.2 Å². The Morgan fingerprint density at radius 3 is 2.47 bits per heavy atom. The van der Waals surface area contributed by atoms with Gasteiger partial charge in [0.05, 0.1) is 23.8 Å². The number of nitrogens with one attached hydrogen (secondary N) is 2. The highest BCUT2D eigenvalue weighted by atomic mass is 19.1. The van der Waals surface area contributed by atoms with Crippen molar-refractivity contribution in [2.75, 3.05) is 13.7 Å². The van der Waals surface area contributed by atoms with Crippen LogP contribution >= 0.6 is 0 Å². The van der Waals surface area contributed by atoms with E-state index in [1.54, 1.807) is 6.07 Å². The Morgan fingerprint density at radius 2 is 1.81 bits per heavy atom. The minimum absolute atomic E-state index is 0.115. The predicted octanol–water partition coefficient (Wildman–Crippen LogP) is 3.30. The zero-order chi connectivity index (χ0) is 25.7. The number of aromatic amines is 1. The van der Waals surface area contributed by atoms with Crippen molar-refractivity contribution in [1.82, 2.24) is 25.5 Å². The van der Waals surface area contributed by atoms with Gasteiger partial charge in [-0.2, -0.15) is 5.10 Å². The predicted molar refractivity (Wildman–Crippen MR) is 124 cm³/mol. The van der Waals surface area contributed by atoms with Crippen molar-refractivity contribution in [3.8, 4) is 22.5 Å². The Bertz CT molecular complexity index is 1330. The molecule has 0 aliphatic carbocycles. The molecular formula is C25H22F3N5O3. The minimum Gasteiger partial charge on any atom is -0.394 e. The highest BCUT2D eigenvalue weighted by Gasteiger charge is 2.28. The first-order valence-corrected chi connectivity index (χ1v) is 10.9. The van der Waals surface area contributed by atoms with Crippen LogP contribution < -0.4 is 5.32 Å². The summed E-state index contributed by atoms with van der Waals surface area (Å²) in [5.74, 6) is -2.61. The molecule has 2 aromatic heterocycles. The fourth-order valence-electron chi connectivity index (χ4n) is 3.78.